The fourth-order valence-corrected chi connectivity index (χ4v) is 4.04. The average molecular weight is 421 g/mol. The van der Waals surface area contributed by atoms with E-state index in [1.165, 1.54) is 30.4 Å². The molecule has 31 heavy (non-hydrogen) atoms. The van der Waals surface area contributed by atoms with Crippen molar-refractivity contribution in [1.82, 2.24) is 10.2 Å². The quantitative estimate of drug-likeness (QED) is 0.614. The molecule has 0 aliphatic carbocycles. The second-order valence-electron chi connectivity index (χ2n) is 9.34. The van der Waals surface area contributed by atoms with E-state index in [1.54, 1.807) is 13.2 Å². The molecule has 4 heteroatoms. The molecule has 2 aromatic rings. The number of rotatable bonds is 7. The van der Waals surface area contributed by atoms with E-state index in [0.717, 1.165) is 24.4 Å². The van der Waals surface area contributed by atoms with E-state index >= 15 is 0 Å². The molecule has 1 heterocycles. The maximum absolute atomic E-state index is 12.5. The van der Waals surface area contributed by atoms with Crippen LogP contribution >= 0.6 is 0 Å². The molecule has 1 aliphatic heterocycles. The molecule has 3 rings (SSSR count). The van der Waals surface area contributed by atoms with Crippen LogP contribution in [0.5, 0.6) is 5.75 Å². The van der Waals surface area contributed by atoms with Gasteiger partial charge in [-0.3, -0.25) is 9.69 Å². The number of benzene rings is 2. The fraction of sp³-hybridized carbons (Fsp3) is 0.444. The fourth-order valence-electron chi connectivity index (χ4n) is 4.04. The van der Waals surface area contributed by atoms with Crippen LogP contribution in [0.2, 0.25) is 0 Å². The van der Waals surface area contributed by atoms with Gasteiger partial charge in [0.05, 0.1) is 13.2 Å². The minimum absolute atomic E-state index is 0.0598. The van der Waals surface area contributed by atoms with Gasteiger partial charge in [-0.15, -0.1) is 0 Å². The molecule has 0 spiro atoms. The Morgan fingerprint density at radius 1 is 1.03 bits per heavy atom. The number of amides is 1. The normalized spacial score (nSPS) is 16.3. The highest BCUT2D eigenvalue weighted by atomic mass is 16.5. The van der Waals surface area contributed by atoms with Crippen LogP contribution in [-0.2, 0) is 10.2 Å². The monoisotopic (exact) mass is 420 g/mol. The highest BCUT2D eigenvalue weighted by Crippen LogP contribution is 2.26. The molecule has 0 radical (unpaired) electrons. The summed E-state index contributed by atoms with van der Waals surface area (Å²) in [5.74, 6) is 0.793. The topological polar surface area (TPSA) is 41.6 Å². The van der Waals surface area contributed by atoms with E-state index in [0.29, 0.717) is 6.54 Å². The number of carbonyl (C=O) groups excluding carboxylic acids is 1. The minimum atomic E-state index is -0.0598. The van der Waals surface area contributed by atoms with Gasteiger partial charge in [-0.2, -0.15) is 0 Å². The first kappa shape index (κ1) is 23.1. The summed E-state index contributed by atoms with van der Waals surface area (Å²) in [6.07, 6.45) is 7.23. The van der Waals surface area contributed by atoms with Gasteiger partial charge >= 0.3 is 0 Å². The number of nitrogens with zero attached hydrogens (tertiary/aromatic N) is 1. The molecule has 1 aliphatic rings. The van der Waals surface area contributed by atoms with E-state index in [2.05, 4.69) is 67.4 Å². The van der Waals surface area contributed by atoms with Gasteiger partial charge in [-0.05, 0) is 66.2 Å². The van der Waals surface area contributed by atoms with Crippen LogP contribution in [0.3, 0.4) is 0 Å². The van der Waals surface area contributed by atoms with Crippen molar-refractivity contribution >= 4 is 12.0 Å². The molecule has 1 atom stereocenters. The summed E-state index contributed by atoms with van der Waals surface area (Å²) >= 11 is 0. The lowest BCUT2D eigenvalue weighted by atomic mass is 9.87. The summed E-state index contributed by atoms with van der Waals surface area (Å²) in [5, 5.41) is 3.11. The number of methoxy groups -OCH3 is 1. The largest absolute Gasteiger partial charge is 0.497 e. The summed E-state index contributed by atoms with van der Waals surface area (Å²) in [6, 6.07) is 16.8. The molecular formula is C27H36N2O2. The summed E-state index contributed by atoms with van der Waals surface area (Å²) in [6.45, 7) is 9.34. The molecule has 4 nitrogen and oxygen atoms in total. The van der Waals surface area contributed by atoms with Gasteiger partial charge in [0.15, 0.2) is 0 Å². The second-order valence-corrected chi connectivity index (χ2v) is 9.34. The van der Waals surface area contributed by atoms with Gasteiger partial charge in [-0.25, -0.2) is 0 Å². The third-order valence-corrected chi connectivity index (χ3v) is 6.01. The van der Waals surface area contributed by atoms with Crippen LogP contribution in [0.4, 0.5) is 0 Å². The molecule has 1 fully saturated rings. The third kappa shape index (κ3) is 6.70. The van der Waals surface area contributed by atoms with Gasteiger partial charge in [0.2, 0.25) is 5.91 Å². The van der Waals surface area contributed by atoms with E-state index in [1.807, 2.05) is 18.2 Å². The SMILES string of the molecule is COc1ccc(C(CNC(=O)/C=C/c2ccc(C(C)(C)C)cc2)N2CCCCC2)cc1. The lowest BCUT2D eigenvalue weighted by molar-refractivity contribution is -0.116. The number of nitrogens with one attached hydrogen (secondary N) is 1. The molecule has 2 aromatic carbocycles. The molecule has 166 valence electrons. The van der Waals surface area contributed by atoms with Crippen LogP contribution < -0.4 is 10.1 Å². The maximum Gasteiger partial charge on any atom is 0.244 e. The molecule has 0 aromatic heterocycles. The third-order valence-electron chi connectivity index (χ3n) is 6.01. The first-order valence-corrected chi connectivity index (χ1v) is 11.3. The Bertz CT molecular complexity index is 858. The van der Waals surface area contributed by atoms with E-state index in [9.17, 15) is 4.79 Å². The zero-order valence-electron chi connectivity index (χ0n) is 19.4. The Morgan fingerprint density at radius 3 is 2.26 bits per heavy atom. The summed E-state index contributed by atoms with van der Waals surface area (Å²) in [7, 11) is 1.68. The molecule has 0 bridgehead atoms. The van der Waals surface area contributed by atoms with Crippen LogP contribution in [0.1, 0.15) is 62.8 Å². The van der Waals surface area contributed by atoms with Crippen molar-refractivity contribution in [3.8, 4) is 5.75 Å². The molecule has 0 saturated carbocycles. The van der Waals surface area contributed by atoms with Gasteiger partial charge < -0.3 is 10.1 Å². The molecule has 1 N–H and O–H groups in total. The van der Waals surface area contributed by atoms with Crippen molar-refractivity contribution in [3.05, 3.63) is 71.3 Å². The summed E-state index contributed by atoms with van der Waals surface area (Å²) in [5.41, 5.74) is 3.67. The zero-order valence-corrected chi connectivity index (χ0v) is 19.4. The van der Waals surface area contributed by atoms with Crippen LogP contribution in [-0.4, -0.2) is 37.6 Å². The Labute approximate surface area is 187 Å². The number of ether oxygens (including phenoxy) is 1. The summed E-state index contributed by atoms with van der Waals surface area (Å²) < 4.78 is 5.30. The average Bonchev–Trinajstić information content (AvgIpc) is 2.78. The standard InChI is InChI=1S/C27H36N2O2/c1-27(2,3)23-13-8-21(9-14-23)10-17-26(30)28-20-25(29-18-6-5-7-19-29)22-11-15-24(31-4)16-12-22/h8-17,25H,5-7,18-20H2,1-4H3,(H,28,30)/b17-10+. The molecule has 1 amide bonds. The van der Waals surface area contributed by atoms with Gasteiger partial charge in [-0.1, -0.05) is 63.6 Å². The minimum Gasteiger partial charge on any atom is -0.497 e. The lowest BCUT2D eigenvalue weighted by Crippen LogP contribution is -2.40. The summed E-state index contributed by atoms with van der Waals surface area (Å²) in [4.78, 5) is 15.0. The maximum atomic E-state index is 12.5. The van der Waals surface area contributed by atoms with Gasteiger partial charge in [0.25, 0.3) is 0 Å². The van der Waals surface area contributed by atoms with E-state index in [-0.39, 0.29) is 17.4 Å². The Balaban J connectivity index is 1.63. The van der Waals surface area contributed by atoms with Gasteiger partial charge in [0, 0.05) is 12.6 Å². The predicted octanol–water partition coefficient (Wildman–Crippen LogP) is 5.35. The van der Waals surface area contributed by atoms with Crippen molar-refractivity contribution in [1.29, 1.82) is 0 Å². The first-order valence-electron chi connectivity index (χ1n) is 11.3. The highest BCUT2D eigenvalue weighted by molar-refractivity contribution is 5.91. The lowest BCUT2D eigenvalue weighted by Gasteiger charge is -2.35. The van der Waals surface area contributed by atoms with Crippen molar-refractivity contribution < 1.29 is 9.53 Å². The number of likely N-dealkylation sites (tertiary alicyclic amines) is 1. The molecule has 1 unspecified atom stereocenters. The van der Waals surface area contributed by atoms with Crippen LogP contribution in [0.25, 0.3) is 6.08 Å². The van der Waals surface area contributed by atoms with Crippen LogP contribution in [0, 0.1) is 0 Å². The van der Waals surface area contributed by atoms with Crippen LogP contribution in [0.15, 0.2) is 54.6 Å². The van der Waals surface area contributed by atoms with Crippen molar-refractivity contribution in [2.45, 2.75) is 51.5 Å². The van der Waals surface area contributed by atoms with Crippen molar-refractivity contribution in [2.75, 3.05) is 26.7 Å². The number of hydrogen-bond donors (Lipinski definition) is 1. The predicted molar refractivity (Wildman–Crippen MR) is 128 cm³/mol. The highest BCUT2D eigenvalue weighted by Gasteiger charge is 2.22. The number of piperidine rings is 1. The van der Waals surface area contributed by atoms with E-state index < -0.39 is 0 Å². The molecule has 1 saturated heterocycles. The Hall–Kier alpha value is -2.59. The van der Waals surface area contributed by atoms with Gasteiger partial charge in [0.1, 0.15) is 5.75 Å². The first-order chi connectivity index (χ1) is 14.9. The Kier molecular flexibility index (Phi) is 7.91. The second kappa shape index (κ2) is 10.6. The number of hydrogen-bond acceptors (Lipinski definition) is 3. The van der Waals surface area contributed by atoms with Crippen molar-refractivity contribution in [3.63, 3.8) is 0 Å². The smallest absolute Gasteiger partial charge is 0.244 e. The Morgan fingerprint density at radius 2 is 1.68 bits per heavy atom. The van der Waals surface area contributed by atoms with E-state index in [4.69, 9.17) is 4.74 Å². The number of carbonyl (C=O) groups is 1. The molecular weight excluding hydrogens is 384 g/mol. The van der Waals surface area contributed by atoms with Crippen molar-refractivity contribution in [2.24, 2.45) is 0 Å². The zero-order chi connectivity index (χ0) is 22.3.